The van der Waals surface area contributed by atoms with E-state index in [2.05, 4.69) is 25.7 Å². The Balaban J connectivity index is 1.69. The summed E-state index contributed by atoms with van der Waals surface area (Å²) in [5, 5.41) is 0. The zero-order chi connectivity index (χ0) is 12.3. The molecule has 0 spiro atoms. The molecule has 2 bridgehead atoms. The Hall–Kier alpha value is -0.0800. The van der Waals surface area contributed by atoms with E-state index in [-0.39, 0.29) is 5.60 Å². The van der Waals surface area contributed by atoms with Gasteiger partial charge in [-0.2, -0.15) is 0 Å². The van der Waals surface area contributed by atoms with Crippen molar-refractivity contribution < 1.29 is 4.74 Å². The van der Waals surface area contributed by atoms with E-state index in [9.17, 15) is 0 Å². The van der Waals surface area contributed by atoms with Crippen LogP contribution in [0, 0.1) is 5.92 Å². The standard InChI is InChI=1S/C15H29NO/c1-15(2,3)17-11-5-10-16-12-13-6-4-7-14(16)9-8-13/h13-14H,4-12H2,1-3H3. The van der Waals surface area contributed by atoms with Gasteiger partial charge < -0.3 is 9.64 Å². The lowest BCUT2D eigenvalue weighted by Crippen LogP contribution is -2.42. The first kappa shape index (κ1) is 13.4. The van der Waals surface area contributed by atoms with Gasteiger partial charge in [0, 0.05) is 25.7 Å². The van der Waals surface area contributed by atoms with Crippen LogP contribution < -0.4 is 0 Å². The van der Waals surface area contributed by atoms with Gasteiger partial charge in [-0.3, -0.25) is 0 Å². The molecule has 2 nitrogen and oxygen atoms in total. The second-order valence-electron chi connectivity index (χ2n) is 6.84. The van der Waals surface area contributed by atoms with E-state index in [0.717, 1.165) is 18.6 Å². The molecule has 3 aliphatic rings. The van der Waals surface area contributed by atoms with Crippen LogP contribution in [0.2, 0.25) is 0 Å². The van der Waals surface area contributed by atoms with Crippen molar-refractivity contribution in [1.82, 2.24) is 4.90 Å². The Morgan fingerprint density at radius 2 is 1.94 bits per heavy atom. The summed E-state index contributed by atoms with van der Waals surface area (Å²) in [6.07, 6.45) is 8.51. The first-order valence-electron chi connectivity index (χ1n) is 7.42. The molecule has 1 aliphatic carbocycles. The van der Waals surface area contributed by atoms with Crippen molar-refractivity contribution in [2.45, 2.75) is 70.9 Å². The minimum absolute atomic E-state index is 0.0256. The highest BCUT2D eigenvalue weighted by molar-refractivity contribution is 4.85. The number of rotatable bonds is 4. The molecule has 3 fully saturated rings. The predicted molar refractivity (Wildman–Crippen MR) is 72.3 cm³/mol. The van der Waals surface area contributed by atoms with Crippen molar-refractivity contribution in [3.05, 3.63) is 0 Å². The summed E-state index contributed by atoms with van der Waals surface area (Å²) in [6.45, 7) is 9.94. The highest BCUT2D eigenvalue weighted by atomic mass is 16.5. The molecule has 0 aromatic heterocycles. The fraction of sp³-hybridized carbons (Fsp3) is 1.00. The van der Waals surface area contributed by atoms with Crippen molar-refractivity contribution in [1.29, 1.82) is 0 Å². The van der Waals surface area contributed by atoms with Gasteiger partial charge in [-0.1, -0.05) is 6.42 Å². The lowest BCUT2D eigenvalue weighted by Gasteiger charge is -2.36. The summed E-state index contributed by atoms with van der Waals surface area (Å²) in [5.74, 6) is 0.997. The number of piperidine rings is 1. The van der Waals surface area contributed by atoms with Crippen molar-refractivity contribution in [3.8, 4) is 0 Å². The molecule has 0 amide bonds. The predicted octanol–water partition coefficient (Wildman–Crippen LogP) is 3.46. The van der Waals surface area contributed by atoms with Crippen LogP contribution >= 0.6 is 0 Å². The lowest BCUT2D eigenvalue weighted by atomic mass is 9.94. The molecule has 2 aliphatic heterocycles. The van der Waals surface area contributed by atoms with Gasteiger partial charge in [0.15, 0.2) is 0 Å². The maximum absolute atomic E-state index is 5.81. The smallest absolute Gasteiger partial charge is 0.0598 e. The Labute approximate surface area is 107 Å². The van der Waals surface area contributed by atoms with Gasteiger partial charge in [0.25, 0.3) is 0 Å². The molecule has 100 valence electrons. The molecule has 0 radical (unpaired) electrons. The van der Waals surface area contributed by atoms with Crippen molar-refractivity contribution in [3.63, 3.8) is 0 Å². The van der Waals surface area contributed by atoms with Gasteiger partial charge in [0.05, 0.1) is 5.60 Å². The molecule has 0 aromatic rings. The van der Waals surface area contributed by atoms with E-state index in [0.29, 0.717) is 0 Å². The maximum Gasteiger partial charge on any atom is 0.0598 e. The Morgan fingerprint density at radius 1 is 1.12 bits per heavy atom. The second kappa shape index (κ2) is 5.71. The third-order valence-corrected chi connectivity index (χ3v) is 4.19. The Kier molecular flexibility index (Phi) is 4.48. The number of ether oxygens (including phenoxy) is 1. The second-order valence-corrected chi connectivity index (χ2v) is 6.84. The van der Waals surface area contributed by atoms with E-state index >= 15 is 0 Å². The van der Waals surface area contributed by atoms with Gasteiger partial charge >= 0.3 is 0 Å². The molecular formula is C15H29NO. The number of hydrogen-bond donors (Lipinski definition) is 0. The molecule has 3 rings (SSSR count). The minimum atomic E-state index is 0.0256. The van der Waals surface area contributed by atoms with Crippen LogP contribution in [0.5, 0.6) is 0 Å². The highest BCUT2D eigenvalue weighted by Gasteiger charge is 2.30. The maximum atomic E-state index is 5.81. The molecule has 2 heterocycles. The van der Waals surface area contributed by atoms with Crippen LogP contribution in [0.3, 0.4) is 0 Å². The number of fused-ring (bicyclic) bond motifs is 4. The van der Waals surface area contributed by atoms with Crippen LogP contribution in [-0.2, 0) is 4.74 Å². The van der Waals surface area contributed by atoms with Crippen LogP contribution in [0.4, 0.5) is 0 Å². The fourth-order valence-corrected chi connectivity index (χ4v) is 3.31. The van der Waals surface area contributed by atoms with Crippen molar-refractivity contribution >= 4 is 0 Å². The zero-order valence-electron chi connectivity index (χ0n) is 11.9. The molecular weight excluding hydrogens is 210 g/mol. The fourth-order valence-electron chi connectivity index (χ4n) is 3.31. The Bertz CT molecular complexity index is 230. The van der Waals surface area contributed by atoms with E-state index < -0.39 is 0 Å². The molecule has 2 heteroatoms. The van der Waals surface area contributed by atoms with Crippen LogP contribution in [0.1, 0.15) is 59.3 Å². The molecule has 0 N–H and O–H groups in total. The SMILES string of the molecule is CC(C)(C)OCCCN1CC2CCCC1CC2. The normalized spacial score (nSPS) is 30.5. The highest BCUT2D eigenvalue weighted by Crippen LogP contribution is 2.33. The minimum Gasteiger partial charge on any atom is -0.376 e. The van der Waals surface area contributed by atoms with Crippen LogP contribution in [0.25, 0.3) is 0 Å². The summed E-state index contributed by atoms with van der Waals surface area (Å²) in [4.78, 5) is 2.74. The van der Waals surface area contributed by atoms with Gasteiger partial charge in [-0.15, -0.1) is 0 Å². The largest absolute Gasteiger partial charge is 0.376 e. The summed E-state index contributed by atoms with van der Waals surface area (Å²) >= 11 is 0. The summed E-state index contributed by atoms with van der Waals surface area (Å²) in [7, 11) is 0. The van der Waals surface area contributed by atoms with E-state index in [1.165, 1.54) is 51.6 Å². The van der Waals surface area contributed by atoms with Gasteiger partial charge in [0.2, 0.25) is 0 Å². The van der Waals surface area contributed by atoms with Crippen molar-refractivity contribution in [2.75, 3.05) is 19.7 Å². The van der Waals surface area contributed by atoms with E-state index in [1.54, 1.807) is 0 Å². The summed E-state index contributed by atoms with van der Waals surface area (Å²) in [6, 6.07) is 0.892. The molecule has 17 heavy (non-hydrogen) atoms. The molecule has 2 saturated heterocycles. The quantitative estimate of drug-likeness (QED) is 0.697. The third kappa shape index (κ3) is 4.26. The van der Waals surface area contributed by atoms with E-state index in [4.69, 9.17) is 4.74 Å². The first-order chi connectivity index (χ1) is 8.04. The van der Waals surface area contributed by atoms with Gasteiger partial charge in [-0.25, -0.2) is 0 Å². The zero-order valence-corrected chi connectivity index (χ0v) is 11.9. The molecule has 1 saturated carbocycles. The molecule has 2 atom stereocenters. The Morgan fingerprint density at radius 3 is 2.71 bits per heavy atom. The monoisotopic (exact) mass is 239 g/mol. The third-order valence-electron chi connectivity index (χ3n) is 4.19. The summed E-state index contributed by atoms with van der Waals surface area (Å²) in [5.41, 5.74) is 0.0256. The average Bonchev–Trinajstić information content (AvgIpc) is 2.57. The van der Waals surface area contributed by atoms with Gasteiger partial charge in [0.1, 0.15) is 0 Å². The van der Waals surface area contributed by atoms with Gasteiger partial charge in [-0.05, 0) is 58.8 Å². The first-order valence-corrected chi connectivity index (χ1v) is 7.42. The van der Waals surface area contributed by atoms with E-state index in [1.807, 2.05) is 0 Å². The van der Waals surface area contributed by atoms with Crippen molar-refractivity contribution in [2.24, 2.45) is 5.92 Å². The molecule has 2 unspecified atom stereocenters. The van der Waals surface area contributed by atoms with Crippen LogP contribution in [0.15, 0.2) is 0 Å². The summed E-state index contributed by atoms with van der Waals surface area (Å²) < 4.78 is 5.81. The topological polar surface area (TPSA) is 12.5 Å². The van der Waals surface area contributed by atoms with Crippen LogP contribution in [-0.4, -0.2) is 36.2 Å². The number of nitrogens with zero attached hydrogens (tertiary/aromatic N) is 1. The molecule has 0 aromatic carbocycles. The number of hydrogen-bond acceptors (Lipinski definition) is 2. The average molecular weight is 239 g/mol. The lowest BCUT2D eigenvalue weighted by molar-refractivity contribution is -0.0100.